The molecule has 1 saturated heterocycles. The van der Waals surface area contributed by atoms with Gasteiger partial charge in [-0.05, 0) is 49.4 Å². The Morgan fingerprint density at radius 1 is 1.30 bits per heavy atom. The first-order valence-corrected chi connectivity index (χ1v) is 9.02. The number of carbonyl (C=O) groups excluding carboxylic acids is 1. The zero-order chi connectivity index (χ0) is 16.1. The molecular formula is C18H23N3OS. The van der Waals surface area contributed by atoms with Crippen molar-refractivity contribution in [3.8, 4) is 11.3 Å². The maximum absolute atomic E-state index is 12.2. The lowest BCUT2D eigenvalue weighted by molar-refractivity contribution is 0.0948. The lowest BCUT2D eigenvalue weighted by Gasteiger charge is -2.30. The highest BCUT2D eigenvalue weighted by atomic mass is 32.1. The minimum absolute atomic E-state index is 0.0185. The molecule has 5 heteroatoms. The molecule has 1 aliphatic rings. The molecule has 0 atom stereocenters. The molecular weight excluding hydrogens is 306 g/mol. The number of amides is 1. The van der Waals surface area contributed by atoms with Crippen molar-refractivity contribution in [2.45, 2.75) is 19.8 Å². The first-order chi connectivity index (χ1) is 11.2. The van der Waals surface area contributed by atoms with Gasteiger partial charge in [0.2, 0.25) is 0 Å². The van der Waals surface area contributed by atoms with Crippen molar-refractivity contribution in [3.05, 3.63) is 41.3 Å². The molecule has 0 bridgehead atoms. The minimum Gasteiger partial charge on any atom is -0.350 e. The summed E-state index contributed by atoms with van der Waals surface area (Å²) in [5.74, 6) is 0.824. The number of nitrogens with one attached hydrogen (secondary N) is 1. The quantitative estimate of drug-likeness (QED) is 0.916. The molecule has 3 rings (SSSR count). The van der Waals surface area contributed by atoms with Gasteiger partial charge in [-0.15, -0.1) is 0 Å². The summed E-state index contributed by atoms with van der Waals surface area (Å²) in [6, 6.07) is 11.8. The fourth-order valence-corrected chi connectivity index (χ4v) is 3.50. The molecule has 4 nitrogen and oxygen atoms in total. The van der Waals surface area contributed by atoms with E-state index < -0.39 is 0 Å². The van der Waals surface area contributed by atoms with Gasteiger partial charge in [-0.1, -0.05) is 37.3 Å². The highest BCUT2D eigenvalue weighted by Gasteiger charge is 2.16. The second-order valence-corrected chi connectivity index (χ2v) is 7.03. The Balaban J connectivity index is 1.48. The van der Waals surface area contributed by atoms with Crippen molar-refractivity contribution < 1.29 is 4.79 Å². The summed E-state index contributed by atoms with van der Waals surface area (Å²) in [5, 5.41) is 3.01. The number of carbonyl (C=O) groups is 1. The molecule has 2 heterocycles. The van der Waals surface area contributed by atoms with Crippen LogP contribution in [0.1, 0.15) is 29.4 Å². The standard InChI is InChI=1S/C18H23N3OS/c1-14-7-10-21(11-8-14)12-9-19-18(22)17-13-16(20-23-17)15-5-3-2-4-6-15/h2-6,13-14H,7-12H2,1H3,(H,19,22). The van der Waals surface area contributed by atoms with Crippen molar-refractivity contribution in [3.63, 3.8) is 0 Å². The van der Waals surface area contributed by atoms with Gasteiger partial charge in [-0.25, -0.2) is 0 Å². The highest BCUT2D eigenvalue weighted by molar-refractivity contribution is 7.08. The molecule has 1 aromatic heterocycles. The predicted octanol–water partition coefficient (Wildman–Crippen LogP) is 3.27. The van der Waals surface area contributed by atoms with Gasteiger partial charge in [0.1, 0.15) is 4.88 Å². The SMILES string of the molecule is CC1CCN(CCNC(=O)c2cc(-c3ccccc3)ns2)CC1. The Labute approximate surface area is 141 Å². The van der Waals surface area contributed by atoms with Crippen LogP contribution in [0.3, 0.4) is 0 Å². The number of benzene rings is 1. The number of piperidine rings is 1. The molecule has 2 aromatic rings. The first-order valence-electron chi connectivity index (χ1n) is 8.25. The smallest absolute Gasteiger partial charge is 0.263 e. The van der Waals surface area contributed by atoms with Crippen LogP contribution in [0.15, 0.2) is 36.4 Å². The molecule has 1 fully saturated rings. The largest absolute Gasteiger partial charge is 0.350 e. The van der Waals surface area contributed by atoms with E-state index in [2.05, 4.69) is 21.5 Å². The van der Waals surface area contributed by atoms with Gasteiger partial charge in [0.25, 0.3) is 5.91 Å². The van der Waals surface area contributed by atoms with Gasteiger partial charge in [0.15, 0.2) is 0 Å². The van der Waals surface area contributed by atoms with E-state index in [1.165, 1.54) is 24.4 Å². The molecule has 0 unspecified atom stereocenters. The summed E-state index contributed by atoms with van der Waals surface area (Å²) in [6.07, 6.45) is 2.53. The van der Waals surface area contributed by atoms with Crippen LogP contribution in [-0.2, 0) is 0 Å². The second-order valence-electron chi connectivity index (χ2n) is 6.22. The number of hydrogen-bond acceptors (Lipinski definition) is 4. The maximum Gasteiger partial charge on any atom is 0.263 e. The van der Waals surface area contributed by atoms with Crippen LogP contribution in [0.4, 0.5) is 0 Å². The van der Waals surface area contributed by atoms with E-state index in [-0.39, 0.29) is 5.91 Å². The third-order valence-corrected chi connectivity index (χ3v) is 5.18. The third-order valence-electron chi connectivity index (χ3n) is 4.39. The van der Waals surface area contributed by atoms with Crippen LogP contribution in [0.2, 0.25) is 0 Å². The summed E-state index contributed by atoms with van der Waals surface area (Å²) >= 11 is 1.26. The van der Waals surface area contributed by atoms with Gasteiger partial charge < -0.3 is 10.2 Å². The summed E-state index contributed by atoms with van der Waals surface area (Å²) in [5.41, 5.74) is 1.91. The van der Waals surface area contributed by atoms with E-state index in [0.29, 0.717) is 11.4 Å². The molecule has 1 aromatic carbocycles. The Bertz CT molecular complexity index is 633. The van der Waals surface area contributed by atoms with Crippen LogP contribution in [0.25, 0.3) is 11.3 Å². The fraction of sp³-hybridized carbons (Fsp3) is 0.444. The van der Waals surface area contributed by atoms with Crippen LogP contribution < -0.4 is 5.32 Å². The van der Waals surface area contributed by atoms with Crippen molar-refractivity contribution in [2.24, 2.45) is 5.92 Å². The van der Waals surface area contributed by atoms with Gasteiger partial charge in [0.05, 0.1) is 5.69 Å². The number of nitrogens with zero attached hydrogens (tertiary/aromatic N) is 2. The zero-order valence-electron chi connectivity index (χ0n) is 13.5. The van der Waals surface area contributed by atoms with Crippen molar-refractivity contribution in [1.82, 2.24) is 14.6 Å². The van der Waals surface area contributed by atoms with Gasteiger partial charge in [-0.3, -0.25) is 4.79 Å². The summed E-state index contributed by atoms with van der Waals surface area (Å²) in [6.45, 7) is 6.24. The Morgan fingerprint density at radius 2 is 2.04 bits per heavy atom. The van der Waals surface area contributed by atoms with E-state index in [0.717, 1.165) is 36.8 Å². The first kappa shape index (κ1) is 16.1. The Kier molecular flexibility index (Phi) is 5.41. The fourth-order valence-electron chi connectivity index (χ4n) is 2.83. The lowest BCUT2D eigenvalue weighted by Crippen LogP contribution is -2.39. The number of likely N-dealkylation sites (tertiary alicyclic amines) is 1. The Morgan fingerprint density at radius 3 is 2.78 bits per heavy atom. The van der Waals surface area contributed by atoms with Crippen molar-refractivity contribution in [1.29, 1.82) is 0 Å². The van der Waals surface area contributed by atoms with E-state index >= 15 is 0 Å². The summed E-state index contributed by atoms with van der Waals surface area (Å²) in [4.78, 5) is 15.3. The van der Waals surface area contributed by atoms with E-state index in [9.17, 15) is 4.79 Å². The van der Waals surface area contributed by atoms with E-state index in [4.69, 9.17) is 0 Å². The van der Waals surface area contributed by atoms with Crippen LogP contribution >= 0.6 is 11.5 Å². The minimum atomic E-state index is -0.0185. The molecule has 1 aliphatic heterocycles. The molecule has 1 N–H and O–H groups in total. The maximum atomic E-state index is 12.2. The average Bonchev–Trinajstić information content (AvgIpc) is 3.07. The van der Waals surface area contributed by atoms with Gasteiger partial charge >= 0.3 is 0 Å². The topological polar surface area (TPSA) is 45.2 Å². The average molecular weight is 329 g/mol. The number of hydrogen-bond donors (Lipinski definition) is 1. The van der Waals surface area contributed by atoms with Gasteiger partial charge in [-0.2, -0.15) is 4.37 Å². The highest BCUT2D eigenvalue weighted by Crippen LogP contribution is 2.21. The third kappa shape index (κ3) is 4.39. The molecule has 0 radical (unpaired) electrons. The molecule has 0 saturated carbocycles. The monoisotopic (exact) mass is 329 g/mol. The van der Waals surface area contributed by atoms with Gasteiger partial charge in [0, 0.05) is 18.7 Å². The number of rotatable bonds is 5. The molecule has 0 spiro atoms. The van der Waals surface area contributed by atoms with Crippen molar-refractivity contribution >= 4 is 17.4 Å². The molecule has 1 amide bonds. The van der Waals surface area contributed by atoms with Crippen molar-refractivity contribution in [2.75, 3.05) is 26.2 Å². The lowest BCUT2D eigenvalue weighted by atomic mass is 9.99. The molecule has 122 valence electrons. The van der Waals surface area contributed by atoms with E-state index in [1.54, 1.807) is 0 Å². The van der Waals surface area contributed by atoms with Crippen LogP contribution in [0.5, 0.6) is 0 Å². The van der Waals surface area contributed by atoms with Crippen LogP contribution in [-0.4, -0.2) is 41.4 Å². The van der Waals surface area contributed by atoms with Crippen LogP contribution in [0, 0.1) is 5.92 Å². The predicted molar refractivity (Wildman–Crippen MR) is 94.7 cm³/mol. The Hall–Kier alpha value is -1.72. The number of aromatic nitrogens is 1. The molecule has 23 heavy (non-hydrogen) atoms. The summed E-state index contributed by atoms with van der Waals surface area (Å²) < 4.78 is 4.38. The molecule has 0 aliphatic carbocycles. The zero-order valence-corrected chi connectivity index (χ0v) is 14.3. The summed E-state index contributed by atoms with van der Waals surface area (Å²) in [7, 11) is 0. The normalized spacial score (nSPS) is 16.4. The van der Waals surface area contributed by atoms with E-state index in [1.807, 2.05) is 36.4 Å². The second kappa shape index (κ2) is 7.70.